The molecule has 1 aromatic rings. The monoisotopic (exact) mass is 339 g/mol. The first kappa shape index (κ1) is 16.4. The van der Waals surface area contributed by atoms with E-state index in [2.05, 4.69) is 10.3 Å². The van der Waals surface area contributed by atoms with Crippen LogP contribution in [-0.2, 0) is 26.1 Å². The molecule has 2 aliphatic rings. The highest BCUT2D eigenvalue weighted by atomic mass is 32.2. The van der Waals surface area contributed by atoms with Crippen molar-refractivity contribution in [2.45, 2.75) is 31.6 Å². The van der Waals surface area contributed by atoms with Gasteiger partial charge in [0, 0.05) is 37.9 Å². The highest BCUT2D eigenvalue weighted by molar-refractivity contribution is 7.88. The number of fused-ring (bicyclic) bond motifs is 1. The van der Waals surface area contributed by atoms with Crippen LogP contribution in [0.1, 0.15) is 18.4 Å². The third-order valence-electron chi connectivity index (χ3n) is 4.37. The Kier molecular flexibility index (Phi) is 4.65. The minimum absolute atomic E-state index is 0.0567. The second-order valence-electron chi connectivity index (χ2n) is 6.21. The van der Waals surface area contributed by atoms with Crippen LogP contribution in [0.2, 0.25) is 0 Å². The summed E-state index contributed by atoms with van der Waals surface area (Å²) in [6.45, 7) is 1.35. The number of aromatic nitrogens is 1. The van der Waals surface area contributed by atoms with E-state index in [4.69, 9.17) is 4.74 Å². The average Bonchev–Trinajstić information content (AvgIpc) is 3.04. The Hall–Kier alpha value is -1.51. The zero-order valence-electron chi connectivity index (χ0n) is 13.0. The van der Waals surface area contributed by atoms with E-state index < -0.39 is 10.0 Å². The zero-order chi connectivity index (χ0) is 16.4. The van der Waals surface area contributed by atoms with Gasteiger partial charge in [-0.15, -0.1) is 0 Å². The predicted molar refractivity (Wildman–Crippen MR) is 83.9 cm³/mol. The molecule has 3 rings (SSSR count). The van der Waals surface area contributed by atoms with E-state index in [1.807, 2.05) is 12.1 Å². The molecule has 0 bridgehead atoms. The summed E-state index contributed by atoms with van der Waals surface area (Å²) in [5.41, 5.74) is 0.953. The van der Waals surface area contributed by atoms with Crippen molar-refractivity contribution < 1.29 is 17.9 Å². The predicted octanol–water partition coefficient (Wildman–Crippen LogP) is 0.137. The molecule has 2 fully saturated rings. The fourth-order valence-corrected chi connectivity index (χ4v) is 4.09. The molecule has 126 valence electrons. The van der Waals surface area contributed by atoms with Crippen LogP contribution < -0.4 is 5.32 Å². The van der Waals surface area contributed by atoms with Gasteiger partial charge in [0.2, 0.25) is 15.9 Å². The van der Waals surface area contributed by atoms with Crippen LogP contribution in [-0.4, -0.2) is 55.2 Å². The lowest BCUT2D eigenvalue weighted by Crippen LogP contribution is -2.32. The van der Waals surface area contributed by atoms with E-state index in [-0.39, 0.29) is 24.0 Å². The third kappa shape index (κ3) is 4.07. The number of carbonyl (C=O) groups excluding carboxylic acids is 1. The number of nitrogens with one attached hydrogen (secondary N) is 1. The maximum Gasteiger partial charge on any atom is 0.222 e. The van der Waals surface area contributed by atoms with Gasteiger partial charge in [0.25, 0.3) is 0 Å². The number of pyridine rings is 1. The summed E-state index contributed by atoms with van der Waals surface area (Å²) in [6.07, 6.45) is 5.47. The molecule has 0 saturated carbocycles. The van der Waals surface area contributed by atoms with Crippen LogP contribution in [0.5, 0.6) is 0 Å². The van der Waals surface area contributed by atoms with Crippen LogP contribution >= 0.6 is 0 Å². The molecule has 7 nitrogen and oxygen atoms in total. The topological polar surface area (TPSA) is 88.6 Å². The molecule has 23 heavy (non-hydrogen) atoms. The molecular formula is C15H21N3O4S. The zero-order valence-corrected chi connectivity index (χ0v) is 13.8. The highest BCUT2D eigenvalue weighted by Crippen LogP contribution is 2.35. The fraction of sp³-hybridized carbons (Fsp3) is 0.600. The lowest BCUT2D eigenvalue weighted by molar-refractivity contribution is -0.123. The Labute approximate surface area is 136 Å². The van der Waals surface area contributed by atoms with E-state index in [9.17, 15) is 13.2 Å². The number of nitrogens with zero attached hydrogens (tertiary/aromatic N) is 2. The summed E-state index contributed by atoms with van der Waals surface area (Å²) in [7, 11) is -3.16. The van der Waals surface area contributed by atoms with Crippen LogP contribution in [0, 0.1) is 5.92 Å². The Balaban J connectivity index is 1.44. The molecule has 8 heteroatoms. The van der Waals surface area contributed by atoms with Gasteiger partial charge in [-0.2, -0.15) is 4.31 Å². The smallest absolute Gasteiger partial charge is 0.222 e. The lowest BCUT2D eigenvalue weighted by Gasteiger charge is -2.17. The first-order chi connectivity index (χ1) is 10.9. The van der Waals surface area contributed by atoms with E-state index in [1.165, 1.54) is 10.6 Å². The maximum absolute atomic E-state index is 12.0. The lowest BCUT2D eigenvalue weighted by atomic mass is 10.0. The van der Waals surface area contributed by atoms with E-state index >= 15 is 0 Å². The van der Waals surface area contributed by atoms with E-state index in [0.29, 0.717) is 26.1 Å². The molecular weight excluding hydrogens is 318 g/mol. The summed E-state index contributed by atoms with van der Waals surface area (Å²) < 4.78 is 30.4. The number of hydrogen-bond donors (Lipinski definition) is 1. The van der Waals surface area contributed by atoms with Crippen molar-refractivity contribution in [3.05, 3.63) is 30.1 Å². The van der Waals surface area contributed by atoms with Gasteiger partial charge >= 0.3 is 0 Å². The molecule has 2 aliphatic heterocycles. The minimum atomic E-state index is -3.16. The third-order valence-corrected chi connectivity index (χ3v) is 5.61. The Morgan fingerprint density at radius 2 is 2.30 bits per heavy atom. The van der Waals surface area contributed by atoms with E-state index in [0.717, 1.165) is 12.0 Å². The quantitative estimate of drug-likeness (QED) is 0.824. The van der Waals surface area contributed by atoms with Gasteiger partial charge in [-0.3, -0.25) is 9.78 Å². The molecule has 3 heterocycles. The van der Waals surface area contributed by atoms with Crippen molar-refractivity contribution in [2.75, 3.05) is 19.3 Å². The molecule has 2 saturated heterocycles. The molecule has 1 amide bonds. The van der Waals surface area contributed by atoms with E-state index in [1.54, 1.807) is 12.4 Å². The Morgan fingerprint density at radius 3 is 2.96 bits per heavy atom. The molecule has 0 radical (unpaired) electrons. The Morgan fingerprint density at radius 1 is 1.48 bits per heavy atom. The highest BCUT2D eigenvalue weighted by Gasteiger charge is 2.44. The number of ether oxygens (including phenoxy) is 1. The van der Waals surface area contributed by atoms with Crippen molar-refractivity contribution >= 4 is 15.9 Å². The van der Waals surface area contributed by atoms with Crippen LogP contribution in [0.25, 0.3) is 0 Å². The maximum atomic E-state index is 12.0. The van der Waals surface area contributed by atoms with Crippen molar-refractivity contribution in [2.24, 2.45) is 5.92 Å². The first-order valence-corrected chi connectivity index (χ1v) is 9.53. The van der Waals surface area contributed by atoms with Gasteiger partial charge in [-0.05, 0) is 18.1 Å². The SMILES string of the molecule is CS(=O)(=O)N1C[C@@H]2C[C@@H](CC(=O)NCc3cccnc3)O[C@@H]2C1. The number of sulfonamides is 1. The van der Waals surface area contributed by atoms with Gasteiger partial charge < -0.3 is 10.1 Å². The van der Waals surface area contributed by atoms with Crippen LogP contribution in [0.4, 0.5) is 0 Å². The molecule has 1 aromatic heterocycles. The van der Waals surface area contributed by atoms with Crippen molar-refractivity contribution in [1.82, 2.24) is 14.6 Å². The minimum Gasteiger partial charge on any atom is -0.373 e. The Bertz CT molecular complexity index is 651. The van der Waals surface area contributed by atoms with Crippen LogP contribution in [0.15, 0.2) is 24.5 Å². The average molecular weight is 339 g/mol. The summed E-state index contributed by atoms with van der Waals surface area (Å²) in [5, 5.41) is 2.86. The van der Waals surface area contributed by atoms with Crippen molar-refractivity contribution in [1.29, 1.82) is 0 Å². The number of hydrogen-bond acceptors (Lipinski definition) is 5. The molecule has 0 unspecified atom stereocenters. The number of rotatable bonds is 5. The second-order valence-corrected chi connectivity index (χ2v) is 8.20. The largest absolute Gasteiger partial charge is 0.373 e. The molecule has 0 aromatic carbocycles. The standard InChI is InChI=1S/C15H21N3O4S/c1-23(20,21)18-9-12-5-13(22-14(12)10-18)6-15(19)17-8-11-3-2-4-16-7-11/h2-4,7,12-14H,5-6,8-10H2,1H3,(H,17,19)/t12-,13-,14+/m0/s1. The normalized spacial score (nSPS) is 27.8. The van der Waals surface area contributed by atoms with Gasteiger partial charge in [-0.1, -0.05) is 6.07 Å². The molecule has 3 atom stereocenters. The first-order valence-electron chi connectivity index (χ1n) is 7.68. The molecule has 1 N–H and O–H groups in total. The van der Waals surface area contributed by atoms with Crippen LogP contribution in [0.3, 0.4) is 0 Å². The van der Waals surface area contributed by atoms with Gasteiger partial charge in [0.05, 0.1) is 24.9 Å². The van der Waals surface area contributed by atoms with Gasteiger partial charge in [0.15, 0.2) is 0 Å². The van der Waals surface area contributed by atoms with Crippen molar-refractivity contribution in [3.8, 4) is 0 Å². The summed E-state index contributed by atoms with van der Waals surface area (Å²) in [5.74, 6) is 0.139. The molecule has 0 spiro atoms. The summed E-state index contributed by atoms with van der Waals surface area (Å²) in [6, 6.07) is 3.74. The number of amides is 1. The number of carbonyl (C=O) groups is 1. The van der Waals surface area contributed by atoms with Gasteiger partial charge in [-0.25, -0.2) is 8.42 Å². The second kappa shape index (κ2) is 6.54. The fourth-order valence-electron chi connectivity index (χ4n) is 3.21. The van der Waals surface area contributed by atoms with Gasteiger partial charge in [0.1, 0.15) is 0 Å². The summed E-state index contributed by atoms with van der Waals surface area (Å²) >= 11 is 0. The molecule has 0 aliphatic carbocycles. The van der Waals surface area contributed by atoms with Crippen molar-refractivity contribution in [3.63, 3.8) is 0 Å². The summed E-state index contributed by atoms with van der Waals surface area (Å²) in [4.78, 5) is 16.0.